The van der Waals surface area contributed by atoms with E-state index in [1.807, 2.05) is 0 Å². The fourth-order valence-corrected chi connectivity index (χ4v) is 2.98. The highest BCUT2D eigenvalue weighted by Gasteiger charge is 2.45. The molecule has 0 radical (unpaired) electrons. The van der Waals surface area contributed by atoms with Crippen molar-refractivity contribution < 1.29 is 22.3 Å². The number of para-hydroxylation sites is 1. The Kier molecular flexibility index (Phi) is 6.71. The van der Waals surface area contributed by atoms with Gasteiger partial charge in [0, 0.05) is 12.6 Å². The number of nitrogens with zero attached hydrogens (tertiary/aromatic N) is 3. The van der Waals surface area contributed by atoms with Crippen LogP contribution in [0.5, 0.6) is 11.5 Å². The van der Waals surface area contributed by atoms with Gasteiger partial charge in [0.2, 0.25) is 0 Å². The smallest absolute Gasteiger partial charge is 0.298 e. The van der Waals surface area contributed by atoms with Gasteiger partial charge in [-0.3, -0.25) is 9.99 Å². The van der Waals surface area contributed by atoms with Crippen LogP contribution in [-0.4, -0.2) is 22.9 Å². The van der Waals surface area contributed by atoms with E-state index in [1.165, 1.54) is 6.07 Å². The molecule has 1 atom stereocenters. The van der Waals surface area contributed by atoms with Crippen molar-refractivity contribution in [3.63, 3.8) is 0 Å². The van der Waals surface area contributed by atoms with Gasteiger partial charge in [-0.05, 0) is 35.9 Å². The quantitative estimate of drug-likeness (QED) is 0.184. The lowest BCUT2D eigenvalue weighted by molar-refractivity contribution is -0.0443. The Morgan fingerprint density at radius 1 is 1.06 bits per heavy atom. The van der Waals surface area contributed by atoms with Crippen molar-refractivity contribution in [2.24, 2.45) is 16.8 Å². The number of pyridine rings is 1. The molecule has 0 fully saturated rings. The highest BCUT2D eigenvalue weighted by atomic mass is 19.3. The zero-order valence-corrected chi connectivity index (χ0v) is 16.1. The number of aromatic nitrogens is 1. The van der Waals surface area contributed by atoms with Crippen LogP contribution in [0.3, 0.4) is 0 Å². The summed E-state index contributed by atoms with van der Waals surface area (Å²) in [5, 5.41) is 3.96. The maximum atomic E-state index is 15.4. The van der Waals surface area contributed by atoms with Gasteiger partial charge in [-0.15, -0.1) is 0 Å². The molecule has 0 saturated carbocycles. The molecule has 0 aliphatic rings. The van der Waals surface area contributed by atoms with Crippen molar-refractivity contribution >= 4 is 6.34 Å². The summed E-state index contributed by atoms with van der Waals surface area (Å²) >= 11 is 0. The number of nitrogens with two attached hydrogens (primary N) is 2. The predicted molar refractivity (Wildman–Crippen MR) is 107 cm³/mol. The second kappa shape index (κ2) is 9.43. The van der Waals surface area contributed by atoms with E-state index in [9.17, 15) is 8.78 Å². The topological polar surface area (TPSA) is 89.8 Å². The number of halogens is 4. The maximum absolute atomic E-state index is 15.4. The largest absolute Gasteiger partial charge is 0.456 e. The van der Waals surface area contributed by atoms with E-state index in [2.05, 4.69) is 10.1 Å². The van der Waals surface area contributed by atoms with E-state index < -0.39 is 41.3 Å². The fraction of sp³-hybridized carbons (Fsp3) is 0.143. The second-order valence-corrected chi connectivity index (χ2v) is 6.60. The van der Waals surface area contributed by atoms with Crippen molar-refractivity contribution in [3.8, 4) is 11.5 Å². The minimum absolute atomic E-state index is 0.242. The Labute approximate surface area is 175 Å². The summed E-state index contributed by atoms with van der Waals surface area (Å²) in [6.07, 6.45) is 2.05. The lowest BCUT2D eigenvalue weighted by Gasteiger charge is -2.29. The van der Waals surface area contributed by atoms with Crippen molar-refractivity contribution in [3.05, 3.63) is 89.8 Å². The summed E-state index contributed by atoms with van der Waals surface area (Å²) in [5.74, 6) is 3.86. The Morgan fingerprint density at radius 3 is 2.42 bits per heavy atom. The van der Waals surface area contributed by atoms with E-state index in [0.717, 1.165) is 35.7 Å². The van der Waals surface area contributed by atoms with Gasteiger partial charge in [0.25, 0.3) is 5.92 Å². The van der Waals surface area contributed by atoms with Crippen molar-refractivity contribution in [2.75, 3.05) is 6.54 Å². The first-order valence-corrected chi connectivity index (χ1v) is 9.08. The Morgan fingerprint density at radius 2 is 1.81 bits per heavy atom. The molecule has 0 spiro atoms. The zero-order valence-electron chi connectivity index (χ0n) is 16.1. The van der Waals surface area contributed by atoms with Crippen LogP contribution in [0.2, 0.25) is 0 Å². The molecule has 6 nitrogen and oxygen atoms in total. The molecule has 0 aliphatic carbocycles. The zero-order chi connectivity index (χ0) is 22.4. The Hall–Kier alpha value is -3.66. The van der Waals surface area contributed by atoms with Crippen LogP contribution >= 0.6 is 0 Å². The number of benzene rings is 2. The highest BCUT2D eigenvalue weighted by molar-refractivity contribution is 5.53. The standard InChI is InChI=1S/C21H19F4N5O/c22-14-6-8-17(19(23)10-14)18(12-30(27)13-29-26)21(24,25)20-9-7-16(11-28-20)31-15-4-2-1-3-5-15/h1-11,13,18H,12,26-27H2/b29-13-. The molecule has 0 saturated heterocycles. The summed E-state index contributed by atoms with van der Waals surface area (Å²) in [7, 11) is 0. The molecule has 162 valence electrons. The van der Waals surface area contributed by atoms with E-state index in [1.54, 1.807) is 30.3 Å². The molecule has 1 aromatic heterocycles. The number of hydrazine groups is 1. The molecule has 0 amide bonds. The SMILES string of the molecule is N/N=C\N(N)CC(c1ccc(F)cc1F)C(F)(F)c1ccc(Oc2ccccc2)cn1. The average Bonchev–Trinajstić information content (AvgIpc) is 2.74. The molecule has 3 rings (SSSR count). The van der Waals surface area contributed by atoms with Gasteiger partial charge in [-0.25, -0.2) is 14.6 Å². The van der Waals surface area contributed by atoms with Crippen LogP contribution in [0.1, 0.15) is 17.2 Å². The van der Waals surface area contributed by atoms with Crippen LogP contribution < -0.4 is 16.4 Å². The highest BCUT2D eigenvalue weighted by Crippen LogP contribution is 2.43. The lowest BCUT2D eigenvalue weighted by Crippen LogP contribution is -2.40. The van der Waals surface area contributed by atoms with Gasteiger partial charge < -0.3 is 10.6 Å². The third-order valence-corrected chi connectivity index (χ3v) is 4.44. The fourth-order valence-electron chi connectivity index (χ4n) is 2.98. The summed E-state index contributed by atoms with van der Waals surface area (Å²) in [4.78, 5) is 3.80. The third-order valence-electron chi connectivity index (χ3n) is 4.44. The minimum atomic E-state index is -3.68. The molecule has 1 heterocycles. The number of rotatable bonds is 8. The molecule has 1 unspecified atom stereocenters. The molecule has 4 N–H and O–H groups in total. The van der Waals surface area contributed by atoms with Crippen molar-refractivity contribution in [1.82, 2.24) is 9.99 Å². The van der Waals surface area contributed by atoms with Gasteiger partial charge in [0.1, 0.15) is 35.2 Å². The minimum Gasteiger partial charge on any atom is -0.456 e. The predicted octanol–water partition coefficient (Wildman–Crippen LogP) is 4.11. The Balaban J connectivity index is 1.93. The van der Waals surface area contributed by atoms with Crippen LogP contribution in [0.15, 0.2) is 72.0 Å². The summed E-state index contributed by atoms with van der Waals surface area (Å²) in [6, 6.07) is 13.5. The van der Waals surface area contributed by atoms with Crippen molar-refractivity contribution in [2.45, 2.75) is 11.8 Å². The molecule has 3 aromatic rings. The lowest BCUT2D eigenvalue weighted by atomic mass is 9.89. The van der Waals surface area contributed by atoms with Crippen LogP contribution in [-0.2, 0) is 5.92 Å². The molecule has 31 heavy (non-hydrogen) atoms. The first-order valence-electron chi connectivity index (χ1n) is 9.08. The molecule has 10 heteroatoms. The van der Waals surface area contributed by atoms with Gasteiger partial charge in [-0.2, -0.15) is 13.9 Å². The third kappa shape index (κ3) is 5.28. The molecular formula is C21H19F4N5O. The molecule has 2 aromatic carbocycles. The van der Waals surface area contributed by atoms with Gasteiger partial charge in [-0.1, -0.05) is 24.3 Å². The van der Waals surface area contributed by atoms with E-state index in [0.29, 0.717) is 11.8 Å². The normalized spacial score (nSPS) is 12.7. The number of ether oxygens (including phenoxy) is 1. The molecule has 0 bridgehead atoms. The molecular weight excluding hydrogens is 414 g/mol. The summed E-state index contributed by atoms with van der Waals surface area (Å²) in [5.41, 5.74) is -1.07. The first-order chi connectivity index (χ1) is 14.8. The van der Waals surface area contributed by atoms with Gasteiger partial charge in [0.05, 0.1) is 12.1 Å². The molecule has 0 aliphatic heterocycles. The second-order valence-electron chi connectivity index (χ2n) is 6.60. The van der Waals surface area contributed by atoms with Crippen LogP contribution in [0.25, 0.3) is 0 Å². The van der Waals surface area contributed by atoms with E-state index in [4.69, 9.17) is 16.4 Å². The van der Waals surface area contributed by atoms with Gasteiger partial charge in [0.15, 0.2) is 0 Å². The number of alkyl halides is 2. The van der Waals surface area contributed by atoms with E-state index in [-0.39, 0.29) is 5.75 Å². The van der Waals surface area contributed by atoms with E-state index >= 15 is 8.78 Å². The summed E-state index contributed by atoms with van der Waals surface area (Å²) in [6.45, 7) is -0.569. The maximum Gasteiger partial charge on any atom is 0.298 e. The summed E-state index contributed by atoms with van der Waals surface area (Å²) < 4.78 is 64.1. The average molecular weight is 433 g/mol. The van der Waals surface area contributed by atoms with Crippen LogP contribution in [0.4, 0.5) is 17.6 Å². The number of hydrogen-bond acceptors (Lipinski definition) is 5. The monoisotopic (exact) mass is 433 g/mol. The van der Waals surface area contributed by atoms with Crippen LogP contribution in [0, 0.1) is 11.6 Å². The number of hydrazone groups is 1. The first kappa shape index (κ1) is 22.0. The number of hydrogen-bond donors (Lipinski definition) is 2. The van der Waals surface area contributed by atoms with Crippen molar-refractivity contribution in [1.29, 1.82) is 0 Å². The van der Waals surface area contributed by atoms with Gasteiger partial charge >= 0.3 is 0 Å². The Bertz CT molecular complexity index is 1030.